The molecule has 0 bridgehead atoms. The number of nitrogens with zero attached hydrogens (tertiary/aromatic N) is 1. The molecule has 1 aliphatic rings. The van der Waals surface area contributed by atoms with E-state index in [4.69, 9.17) is 4.74 Å². The van der Waals surface area contributed by atoms with Crippen LogP contribution in [0.25, 0.3) is 0 Å². The minimum atomic E-state index is -4.60. The van der Waals surface area contributed by atoms with Gasteiger partial charge in [-0.15, -0.1) is 3.89 Å². The molecular weight excluding hydrogens is 363 g/mol. The van der Waals surface area contributed by atoms with E-state index >= 15 is 0 Å². The second-order valence-electron chi connectivity index (χ2n) is 7.38. The Morgan fingerprint density at radius 1 is 1.38 bits per heavy atom. The van der Waals surface area contributed by atoms with Gasteiger partial charge >= 0.3 is 16.3 Å². The van der Waals surface area contributed by atoms with Gasteiger partial charge in [-0.2, -0.15) is 8.42 Å². The molecule has 7 nitrogen and oxygen atoms in total. The number of likely N-dealkylation sites (tertiary alicyclic amines) is 1. The zero-order chi connectivity index (χ0) is 19.5. The van der Waals surface area contributed by atoms with Gasteiger partial charge in [0.2, 0.25) is 5.91 Å². The van der Waals surface area contributed by atoms with Crippen molar-refractivity contribution in [2.24, 2.45) is 5.92 Å². The predicted octanol–water partition coefficient (Wildman–Crippen LogP) is 2.68. The van der Waals surface area contributed by atoms with Gasteiger partial charge in [0.05, 0.1) is 5.75 Å². The van der Waals surface area contributed by atoms with E-state index in [1.165, 1.54) is 4.90 Å². The van der Waals surface area contributed by atoms with Crippen LogP contribution in [0, 0.1) is 5.92 Å². The SMILES string of the molecule is CC(C)(C)OC(=O)Nc1cccc(CN2CC(CS(=O)(=O)F)CC2=O)c1. The molecule has 0 aliphatic carbocycles. The number of ether oxygens (including phenoxy) is 1. The maximum Gasteiger partial charge on any atom is 0.412 e. The second-order valence-corrected chi connectivity index (χ2v) is 8.79. The summed E-state index contributed by atoms with van der Waals surface area (Å²) in [5.41, 5.74) is 0.664. The first kappa shape index (κ1) is 20.2. The van der Waals surface area contributed by atoms with Crippen LogP contribution < -0.4 is 5.32 Å². The van der Waals surface area contributed by atoms with Gasteiger partial charge in [-0.3, -0.25) is 10.1 Å². The minimum absolute atomic E-state index is 0.0129. The van der Waals surface area contributed by atoms with Crippen LogP contribution in [-0.2, 0) is 26.3 Å². The van der Waals surface area contributed by atoms with Crippen molar-refractivity contribution in [2.45, 2.75) is 39.3 Å². The maximum atomic E-state index is 12.8. The van der Waals surface area contributed by atoms with Crippen LogP contribution in [0.5, 0.6) is 0 Å². The summed E-state index contributed by atoms with van der Waals surface area (Å²) >= 11 is 0. The summed E-state index contributed by atoms with van der Waals surface area (Å²) in [5, 5.41) is 2.62. The summed E-state index contributed by atoms with van der Waals surface area (Å²) in [4.78, 5) is 25.3. The molecule has 1 aromatic carbocycles. The molecule has 9 heteroatoms. The fraction of sp³-hybridized carbons (Fsp3) is 0.529. The lowest BCUT2D eigenvalue weighted by Gasteiger charge is -2.20. The molecule has 1 N–H and O–H groups in total. The molecule has 1 fully saturated rings. The van der Waals surface area contributed by atoms with E-state index in [0.29, 0.717) is 5.69 Å². The number of carbonyl (C=O) groups excluding carboxylic acids is 2. The Labute approximate surface area is 152 Å². The number of halogens is 1. The lowest BCUT2D eigenvalue weighted by atomic mass is 10.1. The van der Waals surface area contributed by atoms with Gasteiger partial charge in [-0.25, -0.2) is 4.79 Å². The fourth-order valence-electron chi connectivity index (χ4n) is 2.79. The topological polar surface area (TPSA) is 92.8 Å². The van der Waals surface area contributed by atoms with Crippen LogP contribution in [0.2, 0.25) is 0 Å². The molecule has 1 unspecified atom stereocenters. The van der Waals surface area contributed by atoms with Crippen molar-refractivity contribution < 1.29 is 26.6 Å². The number of hydrogen-bond donors (Lipinski definition) is 1. The normalized spacial score (nSPS) is 18.1. The zero-order valence-electron chi connectivity index (χ0n) is 15.0. The van der Waals surface area contributed by atoms with Gasteiger partial charge in [0.1, 0.15) is 5.60 Å². The number of carbonyl (C=O) groups is 2. The lowest BCUT2D eigenvalue weighted by Crippen LogP contribution is -2.27. The van der Waals surface area contributed by atoms with Crippen molar-refractivity contribution in [2.75, 3.05) is 17.6 Å². The highest BCUT2D eigenvalue weighted by molar-refractivity contribution is 7.86. The molecule has 2 amide bonds. The van der Waals surface area contributed by atoms with Gasteiger partial charge in [-0.1, -0.05) is 12.1 Å². The van der Waals surface area contributed by atoms with E-state index in [-0.39, 0.29) is 25.4 Å². The highest BCUT2D eigenvalue weighted by Crippen LogP contribution is 2.23. The van der Waals surface area contributed by atoms with Crippen molar-refractivity contribution in [3.05, 3.63) is 29.8 Å². The third-order valence-electron chi connectivity index (χ3n) is 3.68. The van der Waals surface area contributed by atoms with E-state index in [0.717, 1.165) is 5.56 Å². The Morgan fingerprint density at radius 2 is 2.08 bits per heavy atom. The zero-order valence-corrected chi connectivity index (χ0v) is 15.8. The second kappa shape index (κ2) is 7.61. The lowest BCUT2D eigenvalue weighted by molar-refractivity contribution is -0.128. The van der Waals surface area contributed by atoms with Gasteiger partial charge in [0.15, 0.2) is 0 Å². The van der Waals surface area contributed by atoms with Gasteiger partial charge in [-0.05, 0) is 38.5 Å². The third-order valence-corrected chi connectivity index (χ3v) is 4.54. The number of rotatable bonds is 5. The Morgan fingerprint density at radius 3 is 2.69 bits per heavy atom. The number of nitrogens with one attached hydrogen (secondary N) is 1. The number of benzene rings is 1. The summed E-state index contributed by atoms with van der Waals surface area (Å²) in [6.07, 6.45) is -0.570. The molecule has 26 heavy (non-hydrogen) atoms. The first-order valence-corrected chi connectivity index (χ1v) is 9.75. The molecular formula is C17H23FN2O5S. The van der Waals surface area contributed by atoms with E-state index in [9.17, 15) is 21.9 Å². The number of hydrogen-bond acceptors (Lipinski definition) is 5. The molecule has 0 aromatic heterocycles. The Kier molecular flexibility index (Phi) is 5.90. The Bertz CT molecular complexity index is 789. The maximum absolute atomic E-state index is 12.8. The summed E-state index contributed by atoms with van der Waals surface area (Å²) in [6.45, 7) is 5.72. The largest absolute Gasteiger partial charge is 0.444 e. The van der Waals surface area contributed by atoms with Crippen LogP contribution in [0.1, 0.15) is 32.8 Å². The molecule has 1 heterocycles. The quantitative estimate of drug-likeness (QED) is 0.786. The highest BCUT2D eigenvalue weighted by Gasteiger charge is 2.32. The monoisotopic (exact) mass is 386 g/mol. The third kappa shape index (κ3) is 6.62. The van der Waals surface area contributed by atoms with E-state index in [1.54, 1.807) is 45.0 Å². The van der Waals surface area contributed by atoms with Crippen molar-refractivity contribution in [1.82, 2.24) is 4.90 Å². The molecule has 1 aromatic rings. The smallest absolute Gasteiger partial charge is 0.412 e. The fourth-order valence-corrected chi connectivity index (χ4v) is 3.58. The van der Waals surface area contributed by atoms with Crippen molar-refractivity contribution in [1.29, 1.82) is 0 Å². The molecule has 1 saturated heterocycles. The van der Waals surface area contributed by atoms with Crippen molar-refractivity contribution in [3.63, 3.8) is 0 Å². The molecule has 2 rings (SSSR count). The number of anilines is 1. The van der Waals surface area contributed by atoms with Gasteiger partial charge in [0.25, 0.3) is 0 Å². The standard InChI is InChI=1S/C17H23FN2O5S/c1-17(2,3)25-16(22)19-14-6-4-5-12(7-14)9-20-10-13(8-15(20)21)11-26(18,23)24/h4-7,13H,8-11H2,1-3H3,(H,19,22). The average Bonchev–Trinajstić information content (AvgIpc) is 2.74. The van der Waals surface area contributed by atoms with E-state index in [2.05, 4.69) is 5.32 Å². The van der Waals surface area contributed by atoms with Crippen LogP contribution in [-0.4, -0.2) is 43.2 Å². The first-order valence-electron chi connectivity index (χ1n) is 8.20. The molecule has 1 atom stereocenters. The van der Waals surface area contributed by atoms with Gasteiger partial charge in [0, 0.05) is 31.1 Å². The van der Waals surface area contributed by atoms with Crippen LogP contribution in [0.3, 0.4) is 0 Å². The summed E-state index contributed by atoms with van der Waals surface area (Å²) < 4.78 is 39.5. The highest BCUT2D eigenvalue weighted by atomic mass is 32.3. The number of amides is 2. The summed E-state index contributed by atoms with van der Waals surface area (Å²) in [7, 11) is -4.60. The van der Waals surface area contributed by atoms with Crippen molar-refractivity contribution >= 4 is 27.9 Å². The van der Waals surface area contributed by atoms with Crippen LogP contribution >= 0.6 is 0 Å². The average molecular weight is 386 g/mol. The molecule has 0 radical (unpaired) electrons. The molecule has 0 spiro atoms. The van der Waals surface area contributed by atoms with Crippen molar-refractivity contribution in [3.8, 4) is 0 Å². The molecule has 144 valence electrons. The van der Waals surface area contributed by atoms with Crippen LogP contribution in [0.4, 0.5) is 14.4 Å². The Hall–Kier alpha value is -2.16. The minimum Gasteiger partial charge on any atom is -0.444 e. The summed E-state index contributed by atoms with van der Waals surface area (Å²) in [5.74, 6) is -1.40. The summed E-state index contributed by atoms with van der Waals surface area (Å²) in [6, 6.07) is 6.91. The Balaban J connectivity index is 1.98. The van der Waals surface area contributed by atoms with Gasteiger partial charge < -0.3 is 9.64 Å². The first-order chi connectivity index (χ1) is 11.9. The van der Waals surface area contributed by atoms with E-state index < -0.39 is 33.6 Å². The van der Waals surface area contributed by atoms with Crippen LogP contribution in [0.15, 0.2) is 24.3 Å². The molecule has 0 saturated carbocycles. The van der Waals surface area contributed by atoms with E-state index in [1.807, 2.05) is 0 Å². The molecule has 1 aliphatic heterocycles. The predicted molar refractivity (Wildman–Crippen MR) is 94.7 cm³/mol.